The number of hydrogen-bond donors (Lipinski definition) is 0. The summed E-state index contributed by atoms with van der Waals surface area (Å²) in [5.74, 6) is 0.144. The molecule has 0 N–H and O–H groups in total. The maximum atomic E-state index is 10.6. The highest BCUT2D eigenvalue weighted by atomic mass is 32.1. The van der Waals surface area contributed by atoms with Crippen molar-refractivity contribution in [2.75, 3.05) is 27.1 Å². The Hall–Kier alpha value is -1.34. The summed E-state index contributed by atoms with van der Waals surface area (Å²) < 4.78 is 16.3. The lowest BCUT2D eigenvalue weighted by atomic mass is 10.0. The summed E-state index contributed by atoms with van der Waals surface area (Å²) in [6, 6.07) is 0. The summed E-state index contributed by atoms with van der Waals surface area (Å²) >= 11 is 1.64. The normalized spacial score (nSPS) is 14.6. The SMILES string of the molecule is COCCOCO[C@@H](C/C=C\CCC[C@@H](C)C=O)/C(C)=C/c1csc(C)n1. The molecule has 0 unspecified atom stereocenters. The van der Waals surface area contributed by atoms with Gasteiger partial charge in [-0.25, -0.2) is 4.98 Å². The number of nitrogens with zero attached hydrogens (tertiary/aromatic N) is 1. The predicted octanol–water partition coefficient (Wildman–Crippen LogP) is 4.81. The first-order valence-corrected chi connectivity index (χ1v) is 10.3. The Bertz CT molecular complexity index is 582. The largest absolute Gasteiger partial charge is 0.382 e. The second kappa shape index (κ2) is 14.7. The van der Waals surface area contributed by atoms with Crippen LogP contribution in [0.2, 0.25) is 0 Å². The summed E-state index contributed by atoms with van der Waals surface area (Å²) in [7, 11) is 1.65. The third kappa shape index (κ3) is 11.2. The van der Waals surface area contributed by atoms with Crippen LogP contribution in [0.5, 0.6) is 0 Å². The zero-order chi connectivity index (χ0) is 19.9. The maximum Gasteiger partial charge on any atom is 0.147 e. The molecule has 5 nitrogen and oxygen atoms in total. The van der Waals surface area contributed by atoms with Crippen LogP contribution in [0.25, 0.3) is 6.08 Å². The molecule has 0 saturated heterocycles. The Balaban J connectivity index is 2.53. The van der Waals surface area contributed by atoms with E-state index < -0.39 is 0 Å². The van der Waals surface area contributed by atoms with Crippen molar-refractivity contribution in [2.45, 2.75) is 52.6 Å². The number of unbranched alkanes of at least 4 members (excludes halogenated alkanes) is 1. The van der Waals surface area contributed by atoms with E-state index >= 15 is 0 Å². The molecular formula is C21H33NO4S. The topological polar surface area (TPSA) is 57.7 Å². The smallest absolute Gasteiger partial charge is 0.147 e. The number of carbonyl (C=O) groups excluding carboxylic acids is 1. The number of aromatic nitrogens is 1. The van der Waals surface area contributed by atoms with E-state index in [1.54, 1.807) is 18.4 Å². The molecule has 0 aromatic carbocycles. The van der Waals surface area contributed by atoms with Gasteiger partial charge in [0.15, 0.2) is 0 Å². The van der Waals surface area contributed by atoms with E-state index in [4.69, 9.17) is 14.2 Å². The molecule has 1 aromatic rings. The van der Waals surface area contributed by atoms with Gasteiger partial charge < -0.3 is 19.0 Å². The summed E-state index contributed by atoms with van der Waals surface area (Å²) in [4.78, 5) is 15.1. The minimum atomic E-state index is -0.0558. The number of ether oxygens (including phenoxy) is 3. The Kier molecular flexibility index (Phi) is 12.9. The van der Waals surface area contributed by atoms with E-state index in [0.29, 0.717) is 13.2 Å². The molecule has 152 valence electrons. The van der Waals surface area contributed by atoms with Crippen LogP contribution < -0.4 is 0 Å². The number of hydrogen-bond acceptors (Lipinski definition) is 6. The quantitative estimate of drug-likeness (QED) is 0.185. The summed E-state index contributed by atoms with van der Waals surface area (Å²) in [5, 5.41) is 3.11. The van der Waals surface area contributed by atoms with Gasteiger partial charge in [0.1, 0.15) is 13.1 Å². The van der Waals surface area contributed by atoms with Crippen molar-refractivity contribution in [1.82, 2.24) is 4.98 Å². The Morgan fingerprint density at radius 3 is 2.81 bits per heavy atom. The molecule has 1 aromatic heterocycles. The summed E-state index contributed by atoms with van der Waals surface area (Å²) in [6.07, 6.45) is 11.1. The molecule has 0 spiro atoms. The van der Waals surface area contributed by atoms with Crippen LogP contribution in [-0.4, -0.2) is 44.5 Å². The van der Waals surface area contributed by atoms with E-state index in [-0.39, 0.29) is 18.8 Å². The van der Waals surface area contributed by atoms with Gasteiger partial charge in [-0.15, -0.1) is 11.3 Å². The number of aldehydes is 1. The van der Waals surface area contributed by atoms with Crippen molar-refractivity contribution in [3.05, 3.63) is 33.8 Å². The highest BCUT2D eigenvalue weighted by Crippen LogP contribution is 2.18. The molecule has 0 bridgehead atoms. The fourth-order valence-electron chi connectivity index (χ4n) is 2.45. The minimum absolute atomic E-state index is 0.0558. The molecule has 2 atom stereocenters. The minimum Gasteiger partial charge on any atom is -0.382 e. The molecular weight excluding hydrogens is 362 g/mol. The van der Waals surface area contributed by atoms with Crippen LogP contribution in [-0.2, 0) is 19.0 Å². The zero-order valence-electron chi connectivity index (χ0n) is 17.0. The van der Waals surface area contributed by atoms with Crippen molar-refractivity contribution < 1.29 is 19.0 Å². The van der Waals surface area contributed by atoms with E-state index in [0.717, 1.165) is 48.2 Å². The number of thiazole rings is 1. The summed E-state index contributed by atoms with van der Waals surface area (Å²) in [5.41, 5.74) is 2.09. The lowest BCUT2D eigenvalue weighted by Crippen LogP contribution is -2.17. The predicted molar refractivity (Wildman–Crippen MR) is 111 cm³/mol. The van der Waals surface area contributed by atoms with Gasteiger partial charge in [0.05, 0.1) is 30.0 Å². The van der Waals surface area contributed by atoms with Gasteiger partial charge in [-0.2, -0.15) is 0 Å². The van der Waals surface area contributed by atoms with Crippen LogP contribution in [0.3, 0.4) is 0 Å². The van der Waals surface area contributed by atoms with Crippen LogP contribution in [0.1, 0.15) is 50.2 Å². The van der Waals surface area contributed by atoms with Gasteiger partial charge in [-0.1, -0.05) is 19.1 Å². The van der Waals surface area contributed by atoms with E-state index in [1.165, 1.54) is 0 Å². The van der Waals surface area contributed by atoms with E-state index in [9.17, 15) is 4.79 Å². The molecule has 0 saturated carbocycles. The van der Waals surface area contributed by atoms with Crippen molar-refractivity contribution in [3.8, 4) is 0 Å². The highest BCUT2D eigenvalue weighted by molar-refractivity contribution is 7.09. The average Bonchev–Trinajstić information content (AvgIpc) is 3.06. The molecule has 0 aliphatic rings. The average molecular weight is 396 g/mol. The fraction of sp³-hybridized carbons (Fsp3) is 0.619. The molecule has 0 aliphatic carbocycles. The number of rotatable bonds is 15. The molecule has 1 heterocycles. The summed E-state index contributed by atoms with van der Waals surface area (Å²) in [6.45, 7) is 7.33. The van der Waals surface area contributed by atoms with Gasteiger partial charge in [0, 0.05) is 18.4 Å². The van der Waals surface area contributed by atoms with Crippen LogP contribution in [0.4, 0.5) is 0 Å². The third-order valence-electron chi connectivity index (χ3n) is 4.08. The van der Waals surface area contributed by atoms with Crippen molar-refractivity contribution in [2.24, 2.45) is 5.92 Å². The monoisotopic (exact) mass is 395 g/mol. The molecule has 27 heavy (non-hydrogen) atoms. The maximum absolute atomic E-state index is 10.6. The molecule has 6 heteroatoms. The number of carbonyl (C=O) groups is 1. The Morgan fingerprint density at radius 1 is 1.33 bits per heavy atom. The first-order valence-electron chi connectivity index (χ1n) is 9.45. The number of methoxy groups -OCH3 is 1. The van der Waals surface area contributed by atoms with Gasteiger partial charge >= 0.3 is 0 Å². The van der Waals surface area contributed by atoms with Crippen molar-refractivity contribution in [1.29, 1.82) is 0 Å². The van der Waals surface area contributed by atoms with Crippen LogP contribution in [0, 0.1) is 12.8 Å². The number of allylic oxidation sites excluding steroid dienone is 1. The Labute approximate surface area is 167 Å². The van der Waals surface area contributed by atoms with Crippen LogP contribution >= 0.6 is 11.3 Å². The lowest BCUT2D eigenvalue weighted by molar-refractivity contribution is -0.110. The Morgan fingerprint density at radius 2 is 2.15 bits per heavy atom. The van der Waals surface area contributed by atoms with Gasteiger partial charge in [-0.3, -0.25) is 0 Å². The molecule has 0 amide bonds. The molecule has 0 radical (unpaired) electrons. The second-order valence-electron chi connectivity index (χ2n) is 6.61. The van der Waals surface area contributed by atoms with Crippen molar-refractivity contribution in [3.63, 3.8) is 0 Å². The van der Waals surface area contributed by atoms with Gasteiger partial charge in [0.25, 0.3) is 0 Å². The molecule has 0 aliphatic heterocycles. The third-order valence-corrected chi connectivity index (χ3v) is 4.88. The fourth-order valence-corrected chi connectivity index (χ4v) is 3.02. The zero-order valence-corrected chi connectivity index (χ0v) is 17.8. The van der Waals surface area contributed by atoms with Crippen LogP contribution in [0.15, 0.2) is 23.1 Å². The van der Waals surface area contributed by atoms with Gasteiger partial charge in [-0.05, 0) is 51.2 Å². The molecule has 1 rings (SSSR count). The first-order chi connectivity index (χ1) is 13.1. The van der Waals surface area contributed by atoms with E-state index in [1.807, 2.05) is 13.8 Å². The van der Waals surface area contributed by atoms with E-state index in [2.05, 4.69) is 35.5 Å². The van der Waals surface area contributed by atoms with Crippen molar-refractivity contribution >= 4 is 23.7 Å². The first kappa shape index (κ1) is 23.7. The molecule has 0 fully saturated rings. The second-order valence-corrected chi connectivity index (χ2v) is 7.67. The highest BCUT2D eigenvalue weighted by Gasteiger charge is 2.11. The van der Waals surface area contributed by atoms with Gasteiger partial charge in [0.2, 0.25) is 0 Å². The number of aryl methyl sites for hydroxylation is 1. The standard InChI is InChI=1S/C21H33NO4S/c1-17(14-23)9-7-5-6-8-10-21(26-16-25-12-11-24-4)18(2)13-20-15-27-19(3)22-20/h6,8,13-15,17,21H,5,7,9-12,16H2,1-4H3/b8-6-,18-13+/t17-,21+/m1/s1. The lowest BCUT2D eigenvalue weighted by Gasteiger charge is -2.17.